The van der Waals surface area contributed by atoms with Gasteiger partial charge in [0, 0.05) is 0 Å². The second kappa shape index (κ2) is 8.16. The highest BCUT2D eigenvalue weighted by molar-refractivity contribution is 7.90. The molecule has 0 radical (unpaired) electrons. The molecule has 1 atom stereocenters. The minimum absolute atomic E-state index is 0.0150. The molecule has 1 N–H and O–H groups in total. The number of nitrogens with one attached hydrogen (secondary N) is 1. The Labute approximate surface area is 133 Å². The van der Waals surface area contributed by atoms with Crippen molar-refractivity contribution < 1.29 is 13.2 Å². The zero-order valence-electron chi connectivity index (χ0n) is 13.6. The third kappa shape index (κ3) is 5.00. The SMILES string of the molecule is CNS(=O)(=O)C(C)Cc1cccc(OCC#N)c1CC(C)C. The van der Waals surface area contributed by atoms with Crippen molar-refractivity contribution in [1.29, 1.82) is 5.26 Å². The molecule has 0 aromatic heterocycles. The molecule has 1 aromatic carbocycles. The Kier molecular flexibility index (Phi) is 6.85. The fraction of sp³-hybridized carbons (Fsp3) is 0.562. The van der Waals surface area contributed by atoms with Crippen LogP contribution in [0.25, 0.3) is 0 Å². The lowest BCUT2D eigenvalue weighted by atomic mass is 9.94. The smallest absolute Gasteiger partial charge is 0.214 e. The number of nitriles is 1. The van der Waals surface area contributed by atoms with Crippen molar-refractivity contribution in [2.24, 2.45) is 5.92 Å². The van der Waals surface area contributed by atoms with E-state index in [1.807, 2.05) is 24.3 Å². The van der Waals surface area contributed by atoms with Crippen LogP contribution in [0.2, 0.25) is 0 Å². The van der Waals surface area contributed by atoms with Gasteiger partial charge in [0.15, 0.2) is 6.61 Å². The largest absolute Gasteiger partial charge is 0.478 e. The number of sulfonamides is 1. The number of rotatable bonds is 8. The Morgan fingerprint density at radius 2 is 1.95 bits per heavy atom. The normalized spacial score (nSPS) is 12.9. The van der Waals surface area contributed by atoms with Crippen LogP contribution < -0.4 is 9.46 Å². The van der Waals surface area contributed by atoms with Gasteiger partial charge < -0.3 is 4.74 Å². The summed E-state index contributed by atoms with van der Waals surface area (Å²) in [6, 6.07) is 7.56. The predicted octanol–water partition coefficient (Wildman–Crippen LogP) is 2.27. The van der Waals surface area contributed by atoms with Crippen LogP contribution in [0, 0.1) is 17.2 Å². The first kappa shape index (κ1) is 18.5. The van der Waals surface area contributed by atoms with Crippen LogP contribution in [0.15, 0.2) is 18.2 Å². The van der Waals surface area contributed by atoms with Crippen molar-refractivity contribution in [1.82, 2.24) is 4.72 Å². The number of benzene rings is 1. The Morgan fingerprint density at radius 1 is 1.27 bits per heavy atom. The average molecular weight is 324 g/mol. The van der Waals surface area contributed by atoms with Gasteiger partial charge in [0.05, 0.1) is 5.25 Å². The van der Waals surface area contributed by atoms with E-state index in [2.05, 4.69) is 18.6 Å². The Hall–Kier alpha value is -1.58. The summed E-state index contributed by atoms with van der Waals surface area (Å²) < 4.78 is 31.7. The third-order valence-corrected chi connectivity index (χ3v) is 5.25. The molecule has 0 saturated carbocycles. The van der Waals surface area contributed by atoms with Gasteiger partial charge in [-0.3, -0.25) is 0 Å². The van der Waals surface area contributed by atoms with Crippen molar-refractivity contribution >= 4 is 10.0 Å². The van der Waals surface area contributed by atoms with Gasteiger partial charge in [0.25, 0.3) is 0 Å². The topological polar surface area (TPSA) is 79.2 Å². The standard InChI is InChI=1S/C16H24N2O3S/c1-12(2)10-15-14(11-13(3)22(19,20)18-4)6-5-7-16(15)21-9-8-17/h5-7,12-13,18H,9-11H2,1-4H3. The number of hydrogen-bond donors (Lipinski definition) is 1. The van der Waals surface area contributed by atoms with Crippen LogP contribution in [-0.2, 0) is 22.9 Å². The second-order valence-electron chi connectivity index (χ2n) is 5.70. The molecule has 0 fully saturated rings. The van der Waals surface area contributed by atoms with E-state index in [-0.39, 0.29) is 6.61 Å². The first-order chi connectivity index (χ1) is 10.3. The monoisotopic (exact) mass is 324 g/mol. The van der Waals surface area contributed by atoms with Crippen LogP contribution in [0.1, 0.15) is 31.9 Å². The Bertz CT molecular complexity index is 633. The first-order valence-electron chi connectivity index (χ1n) is 7.34. The highest BCUT2D eigenvalue weighted by Crippen LogP contribution is 2.27. The van der Waals surface area contributed by atoms with E-state index < -0.39 is 15.3 Å². The van der Waals surface area contributed by atoms with Gasteiger partial charge in [-0.15, -0.1) is 0 Å². The fourth-order valence-corrected chi connectivity index (χ4v) is 3.11. The molecule has 1 rings (SSSR count). The van der Waals surface area contributed by atoms with Crippen LogP contribution in [0.3, 0.4) is 0 Å². The summed E-state index contributed by atoms with van der Waals surface area (Å²) in [6.45, 7) is 5.87. The molecule has 1 aromatic rings. The van der Waals surface area contributed by atoms with Crippen molar-refractivity contribution in [2.45, 2.75) is 38.9 Å². The maximum atomic E-state index is 11.9. The molecule has 0 bridgehead atoms. The molecule has 5 nitrogen and oxygen atoms in total. The van der Waals surface area contributed by atoms with Gasteiger partial charge in [-0.25, -0.2) is 13.1 Å². The van der Waals surface area contributed by atoms with Gasteiger partial charge in [-0.1, -0.05) is 26.0 Å². The van der Waals surface area contributed by atoms with Crippen molar-refractivity contribution in [3.8, 4) is 11.8 Å². The summed E-state index contributed by atoms with van der Waals surface area (Å²) in [5.41, 5.74) is 1.95. The van der Waals surface area contributed by atoms with Gasteiger partial charge in [0.2, 0.25) is 10.0 Å². The highest BCUT2D eigenvalue weighted by atomic mass is 32.2. The summed E-state index contributed by atoms with van der Waals surface area (Å²) in [4.78, 5) is 0. The molecule has 0 spiro atoms. The lowest BCUT2D eigenvalue weighted by Gasteiger charge is -2.19. The lowest BCUT2D eigenvalue weighted by molar-refractivity contribution is 0.361. The molecule has 22 heavy (non-hydrogen) atoms. The lowest BCUT2D eigenvalue weighted by Crippen LogP contribution is -2.31. The highest BCUT2D eigenvalue weighted by Gasteiger charge is 2.21. The van der Waals surface area contributed by atoms with E-state index in [1.54, 1.807) is 6.92 Å². The number of nitrogens with zero attached hydrogens (tertiary/aromatic N) is 1. The molecule has 122 valence electrons. The quantitative estimate of drug-likeness (QED) is 0.795. The summed E-state index contributed by atoms with van der Waals surface area (Å²) >= 11 is 0. The summed E-state index contributed by atoms with van der Waals surface area (Å²) in [6.07, 6.45) is 1.19. The van der Waals surface area contributed by atoms with E-state index in [0.29, 0.717) is 18.1 Å². The van der Waals surface area contributed by atoms with Crippen molar-refractivity contribution in [3.63, 3.8) is 0 Å². The molecule has 0 aliphatic heterocycles. The van der Waals surface area contributed by atoms with Gasteiger partial charge in [-0.05, 0) is 49.9 Å². The van der Waals surface area contributed by atoms with Crippen LogP contribution in [0.4, 0.5) is 0 Å². The third-order valence-electron chi connectivity index (χ3n) is 3.46. The Balaban J connectivity index is 3.15. The minimum atomic E-state index is -3.31. The molecule has 0 aliphatic carbocycles. The maximum absolute atomic E-state index is 11.9. The number of ether oxygens (including phenoxy) is 1. The molecule has 0 heterocycles. The van der Waals surface area contributed by atoms with Crippen molar-refractivity contribution in [3.05, 3.63) is 29.3 Å². The molecule has 1 unspecified atom stereocenters. The summed E-state index contributed by atoms with van der Waals surface area (Å²) in [7, 11) is -1.89. The zero-order chi connectivity index (χ0) is 16.8. The van der Waals surface area contributed by atoms with Gasteiger partial charge in [-0.2, -0.15) is 5.26 Å². The summed E-state index contributed by atoms with van der Waals surface area (Å²) in [5.74, 6) is 1.07. The molecular weight excluding hydrogens is 300 g/mol. The minimum Gasteiger partial charge on any atom is -0.478 e. The maximum Gasteiger partial charge on any atom is 0.214 e. The number of hydrogen-bond acceptors (Lipinski definition) is 4. The molecular formula is C16H24N2O3S. The van der Waals surface area contributed by atoms with E-state index >= 15 is 0 Å². The summed E-state index contributed by atoms with van der Waals surface area (Å²) in [5, 5.41) is 8.16. The van der Waals surface area contributed by atoms with Gasteiger partial charge >= 0.3 is 0 Å². The molecule has 0 saturated heterocycles. The first-order valence-corrected chi connectivity index (χ1v) is 8.89. The van der Waals surface area contributed by atoms with Crippen LogP contribution in [0.5, 0.6) is 5.75 Å². The zero-order valence-corrected chi connectivity index (χ0v) is 14.4. The predicted molar refractivity (Wildman–Crippen MR) is 87.2 cm³/mol. The van der Waals surface area contributed by atoms with Crippen LogP contribution >= 0.6 is 0 Å². The van der Waals surface area contributed by atoms with Gasteiger partial charge in [0.1, 0.15) is 11.8 Å². The molecule has 0 aliphatic rings. The van der Waals surface area contributed by atoms with E-state index in [4.69, 9.17) is 10.00 Å². The molecule has 0 amide bonds. The van der Waals surface area contributed by atoms with Crippen molar-refractivity contribution in [2.75, 3.05) is 13.7 Å². The molecule has 6 heteroatoms. The van der Waals surface area contributed by atoms with E-state index in [9.17, 15) is 8.42 Å². The fourth-order valence-electron chi connectivity index (χ4n) is 2.31. The average Bonchev–Trinajstić information content (AvgIpc) is 2.46. The van der Waals surface area contributed by atoms with E-state index in [0.717, 1.165) is 17.5 Å². The van der Waals surface area contributed by atoms with E-state index in [1.165, 1.54) is 7.05 Å². The Morgan fingerprint density at radius 3 is 2.50 bits per heavy atom. The second-order valence-corrected chi connectivity index (χ2v) is 8.01. The van der Waals surface area contributed by atoms with Crippen LogP contribution in [-0.4, -0.2) is 27.3 Å².